The minimum Gasteiger partial charge on any atom is -0.493 e. The molecule has 0 spiro atoms. The van der Waals surface area contributed by atoms with Crippen LogP contribution >= 0.6 is 0 Å². The van der Waals surface area contributed by atoms with Crippen LogP contribution in [-0.2, 0) is 26.4 Å². The second-order valence-electron chi connectivity index (χ2n) is 13.3. The Labute approximate surface area is 276 Å². The molecule has 0 aliphatic carbocycles. The van der Waals surface area contributed by atoms with Gasteiger partial charge in [0.1, 0.15) is 28.7 Å². The largest absolute Gasteiger partial charge is 0.493 e. The van der Waals surface area contributed by atoms with Gasteiger partial charge >= 0.3 is 5.97 Å². The summed E-state index contributed by atoms with van der Waals surface area (Å²) in [6, 6.07) is 5.93. The predicted octanol–water partition coefficient (Wildman–Crippen LogP) is 6.34. The fraction of sp³-hybridized carbons (Fsp3) is 0.472. The standard InChI is InChI=1S/C36H47FN4O6/c1-9-11-19-45-28-13-12-26(37)21-25(28)22-38-31(42)27-23-41-29(39-27)20-24(3)30(36(8,33(43)44)47-34(4,5)6)32(41)40-16-14-35(7,15-17-40)46-18-10-2/h9-10,12-13,20-21,23H,1-2,11,14-19,22H2,3-8H3,(H,38,42)(H,43,44)/t36-/m0/s1. The van der Waals surface area contributed by atoms with Crippen LogP contribution in [0.25, 0.3) is 5.65 Å². The maximum absolute atomic E-state index is 14.1. The summed E-state index contributed by atoms with van der Waals surface area (Å²) in [4.78, 5) is 33.2. The molecule has 1 atom stereocenters. The number of nitrogens with zero attached hydrogens (tertiary/aromatic N) is 3. The average molecular weight is 651 g/mol. The molecule has 254 valence electrons. The van der Waals surface area contributed by atoms with E-state index in [0.717, 1.165) is 0 Å². The quantitative estimate of drug-likeness (QED) is 0.153. The highest BCUT2D eigenvalue weighted by molar-refractivity contribution is 5.93. The van der Waals surface area contributed by atoms with E-state index in [1.54, 1.807) is 35.7 Å². The third-order valence-corrected chi connectivity index (χ3v) is 8.26. The third-order valence-electron chi connectivity index (χ3n) is 8.26. The Morgan fingerprint density at radius 2 is 1.85 bits per heavy atom. The SMILES string of the molecule is C=CCCOc1ccc(F)cc1CNC(=O)c1cn2c(N3CCC(C)(OCC=C)CC3)c([C@](C)(OC(C)(C)C)C(=O)O)c(C)cc2n1. The number of halogens is 1. The first kappa shape index (κ1) is 35.6. The summed E-state index contributed by atoms with van der Waals surface area (Å²) in [5.74, 6) is -0.999. The van der Waals surface area contributed by atoms with Crippen LogP contribution in [-0.4, -0.2) is 63.9 Å². The second kappa shape index (κ2) is 14.3. The van der Waals surface area contributed by atoms with Gasteiger partial charge in [-0.05, 0) is 90.6 Å². The Morgan fingerprint density at radius 3 is 2.47 bits per heavy atom. The number of carboxylic acids is 1. The molecule has 47 heavy (non-hydrogen) atoms. The number of ether oxygens (including phenoxy) is 3. The molecule has 1 aromatic carbocycles. The van der Waals surface area contributed by atoms with Crippen LogP contribution in [0.5, 0.6) is 5.75 Å². The number of carboxylic acid groups (broad SMARTS) is 1. The number of imidazole rings is 1. The summed E-state index contributed by atoms with van der Waals surface area (Å²) in [7, 11) is 0. The summed E-state index contributed by atoms with van der Waals surface area (Å²) in [6.07, 6.45) is 7.05. The molecule has 0 unspecified atom stereocenters. The van der Waals surface area contributed by atoms with Crippen molar-refractivity contribution in [2.24, 2.45) is 0 Å². The molecular weight excluding hydrogens is 603 g/mol. The minimum absolute atomic E-state index is 0.0109. The maximum atomic E-state index is 14.1. The van der Waals surface area contributed by atoms with Crippen LogP contribution in [0.2, 0.25) is 0 Å². The number of anilines is 1. The number of fused-ring (bicyclic) bond motifs is 1. The van der Waals surface area contributed by atoms with Gasteiger partial charge in [-0.2, -0.15) is 0 Å². The summed E-state index contributed by atoms with van der Waals surface area (Å²) in [5, 5.41) is 13.5. The third kappa shape index (κ3) is 8.20. The van der Waals surface area contributed by atoms with Gasteiger partial charge in [-0.1, -0.05) is 12.2 Å². The summed E-state index contributed by atoms with van der Waals surface area (Å²) in [6.45, 7) is 20.3. The number of amides is 1. The Hall–Kier alpha value is -4.22. The molecule has 11 heteroatoms. The van der Waals surface area contributed by atoms with E-state index in [4.69, 9.17) is 14.2 Å². The van der Waals surface area contributed by atoms with Crippen molar-refractivity contribution >= 4 is 23.3 Å². The Balaban J connectivity index is 1.75. The van der Waals surface area contributed by atoms with E-state index in [2.05, 4.69) is 35.3 Å². The molecular formula is C36H47FN4O6. The summed E-state index contributed by atoms with van der Waals surface area (Å²) in [5.41, 5.74) is -0.643. The molecule has 4 rings (SSSR count). The van der Waals surface area contributed by atoms with Crippen LogP contribution in [0.15, 0.2) is 55.8 Å². The van der Waals surface area contributed by atoms with Gasteiger partial charge in [0.2, 0.25) is 0 Å². The number of benzene rings is 1. The van der Waals surface area contributed by atoms with E-state index in [1.165, 1.54) is 18.2 Å². The molecule has 1 amide bonds. The van der Waals surface area contributed by atoms with Gasteiger partial charge in [-0.3, -0.25) is 9.20 Å². The first-order valence-electron chi connectivity index (χ1n) is 15.9. The van der Waals surface area contributed by atoms with E-state index in [1.807, 2.05) is 27.7 Å². The molecule has 10 nitrogen and oxygen atoms in total. The van der Waals surface area contributed by atoms with Crippen LogP contribution < -0.4 is 15.0 Å². The molecule has 2 N–H and O–H groups in total. The number of aromatic nitrogens is 2. The maximum Gasteiger partial charge on any atom is 0.340 e. The number of aliphatic carboxylic acids is 1. The summed E-state index contributed by atoms with van der Waals surface area (Å²) < 4.78 is 34.0. The van der Waals surface area contributed by atoms with Gasteiger partial charge < -0.3 is 29.5 Å². The Morgan fingerprint density at radius 1 is 1.15 bits per heavy atom. The Bertz CT molecular complexity index is 1640. The van der Waals surface area contributed by atoms with Crippen molar-refractivity contribution < 1.29 is 33.3 Å². The molecule has 2 aromatic heterocycles. The van der Waals surface area contributed by atoms with Crippen molar-refractivity contribution in [2.75, 3.05) is 31.2 Å². The average Bonchev–Trinajstić information content (AvgIpc) is 3.42. The highest BCUT2D eigenvalue weighted by atomic mass is 19.1. The Kier molecular flexibility index (Phi) is 10.8. The van der Waals surface area contributed by atoms with Crippen LogP contribution in [0.1, 0.15) is 81.1 Å². The molecule has 0 radical (unpaired) electrons. The van der Waals surface area contributed by atoms with Crippen LogP contribution in [0.4, 0.5) is 10.2 Å². The van der Waals surface area contributed by atoms with Crippen molar-refractivity contribution in [3.63, 3.8) is 0 Å². The van der Waals surface area contributed by atoms with Crippen molar-refractivity contribution in [2.45, 2.75) is 84.2 Å². The first-order valence-corrected chi connectivity index (χ1v) is 15.9. The number of carbonyl (C=O) groups excluding carboxylic acids is 1. The smallest absolute Gasteiger partial charge is 0.340 e. The molecule has 1 fully saturated rings. The van der Waals surface area contributed by atoms with Gasteiger partial charge in [0.05, 0.1) is 24.4 Å². The number of rotatable bonds is 14. The zero-order chi connectivity index (χ0) is 34.6. The molecule has 0 bridgehead atoms. The monoisotopic (exact) mass is 650 g/mol. The lowest BCUT2D eigenvalue weighted by molar-refractivity contribution is -0.183. The number of aryl methyl sites for hydroxylation is 1. The zero-order valence-corrected chi connectivity index (χ0v) is 28.3. The number of hydrogen-bond donors (Lipinski definition) is 2. The number of piperidine rings is 1. The van der Waals surface area contributed by atoms with Crippen molar-refractivity contribution in [3.8, 4) is 5.75 Å². The first-order chi connectivity index (χ1) is 22.1. The fourth-order valence-corrected chi connectivity index (χ4v) is 5.99. The molecule has 0 saturated carbocycles. The predicted molar refractivity (Wildman–Crippen MR) is 180 cm³/mol. The molecule has 1 aliphatic heterocycles. The summed E-state index contributed by atoms with van der Waals surface area (Å²) >= 11 is 0. The van der Waals surface area contributed by atoms with E-state index in [-0.39, 0.29) is 17.8 Å². The normalized spacial score (nSPS) is 16.0. The van der Waals surface area contributed by atoms with E-state index in [0.29, 0.717) is 79.5 Å². The molecule has 3 aromatic rings. The van der Waals surface area contributed by atoms with Gasteiger partial charge in [0, 0.05) is 37.0 Å². The highest BCUT2D eigenvalue weighted by Crippen LogP contribution is 2.42. The lowest BCUT2D eigenvalue weighted by atomic mass is 9.88. The van der Waals surface area contributed by atoms with E-state index < -0.39 is 28.9 Å². The van der Waals surface area contributed by atoms with Gasteiger partial charge in [-0.15, -0.1) is 13.2 Å². The molecule has 1 saturated heterocycles. The fourth-order valence-electron chi connectivity index (χ4n) is 5.99. The number of pyridine rings is 1. The van der Waals surface area contributed by atoms with Crippen molar-refractivity contribution in [3.05, 3.63) is 84.0 Å². The van der Waals surface area contributed by atoms with E-state index >= 15 is 0 Å². The molecule has 1 aliphatic rings. The van der Waals surface area contributed by atoms with E-state index in [9.17, 15) is 19.1 Å². The van der Waals surface area contributed by atoms with Gasteiger partial charge in [0.15, 0.2) is 5.60 Å². The molecule has 3 heterocycles. The van der Waals surface area contributed by atoms with Crippen molar-refractivity contribution in [1.82, 2.24) is 14.7 Å². The lowest BCUT2D eigenvalue weighted by Gasteiger charge is -2.43. The lowest BCUT2D eigenvalue weighted by Crippen LogP contribution is -2.48. The van der Waals surface area contributed by atoms with Gasteiger partial charge in [-0.25, -0.2) is 14.2 Å². The minimum atomic E-state index is -1.72. The number of hydrogen-bond acceptors (Lipinski definition) is 7. The van der Waals surface area contributed by atoms with Gasteiger partial charge in [0.25, 0.3) is 5.91 Å². The zero-order valence-electron chi connectivity index (χ0n) is 28.3. The van der Waals surface area contributed by atoms with Crippen LogP contribution in [0.3, 0.4) is 0 Å². The van der Waals surface area contributed by atoms with Crippen LogP contribution in [0, 0.1) is 12.7 Å². The topological polar surface area (TPSA) is 115 Å². The highest BCUT2D eigenvalue weighted by Gasteiger charge is 2.45. The number of carbonyl (C=O) groups is 2. The van der Waals surface area contributed by atoms with Crippen molar-refractivity contribution in [1.29, 1.82) is 0 Å². The second-order valence-corrected chi connectivity index (χ2v) is 13.3. The number of nitrogens with one attached hydrogen (secondary N) is 1.